The molecule has 0 aliphatic heterocycles. The Morgan fingerprint density at radius 3 is 3.07 bits per heavy atom. The van der Waals surface area contributed by atoms with Crippen molar-refractivity contribution in [1.29, 1.82) is 0 Å². The minimum absolute atomic E-state index is 0.0951. The van der Waals surface area contributed by atoms with Gasteiger partial charge in [0.05, 0.1) is 18.2 Å². The monoisotopic (exact) mass is 202 g/mol. The highest BCUT2D eigenvalue weighted by Gasteiger charge is 2.08. The summed E-state index contributed by atoms with van der Waals surface area (Å²) in [7, 11) is 0. The maximum Gasteiger partial charge on any atom is 0.226 e. The fourth-order valence-corrected chi connectivity index (χ4v) is 1.19. The van der Waals surface area contributed by atoms with E-state index >= 15 is 0 Å². The third-order valence-corrected chi connectivity index (χ3v) is 2.07. The van der Waals surface area contributed by atoms with Crippen LogP contribution in [0, 0.1) is 19.3 Å². The Morgan fingerprint density at radius 1 is 1.73 bits per heavy atom. The number of pyridine rings is 1. The second-order valence-electron chi connectivity index (χ2n) is 3.40. The maximum absolute atomic E-state index is 11.5. The van der Waals surface area contributed by atoms with Gasteiger partial charge < -0.3 is 5.32 Å². The lowest BCUT2D eigenvalue weighted by atomic mass is 10.1. The number of aromatic nitrogens is 1. The molecule has 1 aromatic rings. The minimum atomic E-state index is -0.235. The third kappa shape index (κ3) is 3.43. The van der Waals surface area contributed by atoms with E-state index in [2.05, 4.69) is 16.2 Å². The fraction of sp³-hybridized carbons (Fsp3) is 0.333. The number of carbonyl (C=O) groups excluding carboxylic acids is 1. The molecule has 3 heteroatoms. The molecular weight excluding hydrogens is 188 g/mol. The Kier molecular flexibility index (Phi) is 3.87. The number of carbonyl (C=O) groups is 1. The van der Waals surface area contributed by atoms with Crippen LogP contribution in [-0.2, 0) is 11.2 Å². The molecule has 0 aliphatic carbocycles. The van der Waals surface area contributed by atoms with Crippen molar-refractivity contribution in [3.8, 4) is 12.3 Å². The lowest BCUT2D eigenvalue weighted by molar-refractivity contribution is -0.120. The molecule has 1 aromatic heterocycles. The molecule has 0 spiro atoms. The summed E-state index contributed by atoms with van der Waals surface area (Å²) in [5, 5.41) is 2.69. The van der Waals surface area contributed by atoms with E-state index in [4.69, 9.17) is 6.42 Å². The zero-order valence-electron chi connectivity index (χ0n) is 8.95. The molecule has 1 unspecified atom stereocenters. The maximum atomic E-state index is 11.5. The molecule has 0 radical (unpaired) electrons. The Labute approximate surface area is 89.9 Å². The van der Waals surface area contributed by atoms with Gasteiger partial charge in [-0.15, -0.1) is 6.42 Å². The third-order valence-electron chi connectivity index (χ3n) is 2.07. The molecule has 0 bridgehead atoms. The van der Waals surface area contributed by atoms with E-state index in [1.54, 1.807) is 13.1 Å². The normalized spacial score (nSPS) is 11.5. The smallest absolute Gasteiger partial charge is 0.226 e. The van der Waals surface area contributed by atoms with Gasteiger partial charge in [0, 0.05) is 6.20 Å². The summed E-state index contributed by atoms with van der Waals surface area (Å²) >= 11 is 0. The van der Waals surface area contributed by atoms with Gasteiger partial charge in [0.25, 0.3) is 0 Å². The molecule has 1 rings (SSSR count). The number of rotatable bonds is 3. The molecule has 1 heterocycles. The van der Waals surface area contributed by atoms with Crippen molar-refractivity contribution in [2.45, 2.75) is 26.3 Å². The minimum Gasteiger partial charge on any atom is -0.342 e. The van der Waals surface area contributed by atoms with Crippen LogP contribution in [-0.4, -0.2) is 16.9 Å². The number of hydrogen-bond acceptors (Lipinski definition) is 2. The van der Waals surface area contributed by atoms with Gasteiger partial charge in [0.2, 0.25) is 5.91 Å². The van der Waals surface area contributed by atoms with E-state index < -0.39 is 0 Å². The number of terminal acetylenes is 1. The molecule has 1 atom stereocenters. The van der Waals surface area contributed by atoms with Crippen LogP contribution in [0.3, 0.4) is 0 Å². The van der Waals surface area contributed by atoms with E-state index in [-0.39, 0.29) is 18.4 Å². The second-order valence-corrected chi connectivity index (χ2v) is 3.40. The van der Waals surface area contributed by atoms with Crippen molar-refractivity contribution in [2.75, 3.05) is 0 Å². The van der Waals surface area contributed by atoms with Gasteiger partial charge in [-0.05, 0) is 25.5 Å². The summed E-state index contributed by atoms with van der Waals surface area (Å²) in [4.78, 5) is 15.6. The zero-order valence-corrected chi connectivity index (χ0v) is 8.95. The summed E-state index contributed by atoms with van der Waals surface area (Å²) in [6.45, 7) is 3.70. The lowest BCUT2D eigenvalue weighted by Crippen LogP contribution is -2.32. The van der Waals surface area contributed by atoms with Crippen LogP contribution in [0.15, 0.2) is 18.3 Å². The zero-order chi connectivity index (χ0) is 11.3. The number of hydrogen-bond donors (Lipinski definition) is 1. The highest BCUT2D eigenvalue weighted by Crippen LogP contribution is 2.03. The van der Waals surface area contributed by atoms with E-state index in [0.29, 0.717) is 0 Å². The summed E-state index contributed by atoms with van der Waals surface area (Å²) in [6, 6.07) is 3.54. The number of nitrogens with one attached hydrogen (secondary N) is 1. The molecule has 15 heavy (non-hydrogen) atoms. The first-order valence-corrected chi connectivity index (χ1v) is 4.79. The Morgan fingerprint density at radius 2 is 2.47 bits per heavy atom. The van der Waals surface area contributed by atoms with Crippen molar-refractivity contribution in [2.24, 2.45) is 0 Å². The Bertz CT molecular complexity index is 393. The van der Waals surface area contributed by atoms with Gasteiger partial charge >= 0.3 is 0 Å². The van der Waals surface area contributed by atoms with Gasteiger partial charge in [-0.25, -0.2) is 0 Å². The van der Waals surface area contributed by atoms with E-state index in [9.17, 15) is 4.79 Å². The molecule has 0 fully saturated rings. The van der Waals surface area contributed by atoms with Crippen molar-refractivity contribution in [1.82, 2.24) is 10.3 Å². The summed E-state index contributed by atoms with van der Waals surface area (Å²) < 4.78 is 0. The van der Waals surface area contributed by atoms with Crippen LogP contribution >= 0.6 is 0 Å². The van der Waals surface area contributed by atoms with Crippen LogP contribution in [0.4, 0.5) is 0 Å². The number of nitrogens with zero attached hydrogens (tertiary/aromatic N) is 1. The average Bonchev–Trinajstić information content (AvgIpc) is 2.21. The van der Waals surface area contributed by atoms with Gasteiger partial charge in [-0.3, -0.25) is 9.78 Å². The fourth-order valence-electron chi connectivity index (χ4n) is 1.19. The highest BCUT2D eigenvalue weighted by molar-refractivity contribution is 5.79. The molecule has 0 saturated heterocycles. The molecule has 1 N–H and O–H groups in total. The summed E-state index contributed by atoms with van der Waals surface area (Å²) in [5.74, 6) is 2.35. The standard InChI is InChI=1S/C12H14N2O/c1-4-10(3)14-12(15)8-11-9(2)6-5-7-13-11/h1,5-7,10H,8H2,2-3H3,(H,14,15). The van der Waals surface area contributed by atoms with Crippen LogP contribution in [0.1, 0.15) is 18.2 Å². The molecule has 1 amide bonds. The quantitative estimate of drug-likeness (QED) is 0.745. The van der Waals surface area contributed by atoms with E-state index in [1.807, 2.05) is 19.1 Å². The predicted molar refractivity (Wildman–Crippen MR) is 59.1 cm³/mol. The molecule has 0 saturated carbocycles. The van der Waals surface area contributed by atoms with Crippen molar-refractivity contribution < 1.29 is 4.79 Å². The van der Waals surface area contributed by atoms with Gasteiger partial charge in [-0.2, -0.15) is 0 Å². The molecule has 78 valence electrons. The summed E-state index contributed by atoms with van der Waals surface area (Å²) in [6.07, 6.45) is 7.12. The largest absolute Gasteiger partial charge is 0.342 e. The molecule has 3 nitrogen and oxygen atoms in total. The summed E-state index contributed by atoms with van der Waals surface area (Å²) in [5.41, 5.74) is 1.81. The first-order valence-electron chi connectivity index (χ1n) is 4.79. The number of amides is 1. The first-order chi connectivity index (χ1) is 7.13. The van der Waals surface area contributed by atoms with Crippen molar-refractivity contribution in [3.05, 3.63) is 29.6 Å². The van der Waals surface area contributed by atoms with Crippen LogP contribution in [0.25, 0.3) is 0 Å². The van der Waals surface area contributed by atoms with Gasteiger partial charge in [0.15, 0.2) is 0 Å². The molecule has 0 aliphatic rings. The molecule has 0 aromatic carbocycles. The molecular formula is C12H14N2O. The van der Waals surface area contributed by atoms with Crippen LogP contribution in [0.5, 0.6) is 0 Å². The number of aryl methyl sites for hydroxylation is 1. The van der Waals surface area contributed by atoms with Crippen LogP contribution in [0.2, 0.25) is 0 Å². The van der Waals surface area contributed by atoms with Crippen LogP contribution < -0.4 is 5.32 Å². The highest BCUT2D eigenvalue weighted by atomic mass is 16.1. The van der Waals surface area contributed by atoms with Gasteiger partial charge in [0.1, 0.15) is 0 Å². The van der Waals surface area contributed by atoms with E-state index in [0.717, 1.165) is 11.3 Å². The van der Waals surface area contributed by atoms with Gasteiger partial charge in [-0.1, -0.05) is 12.0 Å². The average molecular weight is 202 g/mol. The predicted octanol–water partition coefficient (Wildman–Crippen LogP) is 1.07. The van der Waals surface area contributed by atoms with E-state index in [1.165, 1.54) is 0 Å². The second kappa shape index (κ2) is 5.16. The Hall–Kier alpha value is -1.82. The van der Waals surface area contributed by atoms with Crippen molar-refractivity contribution >= 4 is 5.91 Å². The lowest BCUT2D eigenvalue weighted by Gasteiger charge is -2.08. The Balaban J connectivity index is 2.60. The first kappa shape index (κ1) is 11.3. The SMILES string of the molecule is C#CC(C)NC(=O)Cc1ncccc1C. The topological polar surface area (TPSA) is 42.0 Å². The van der Waals surface area contributed by atoms with Crippen molar-refractivity contribution in [3.63, 3.8) is 0 Å².